The van der Waals surface area contributed by atoms with Crippen LogP contribution >= 0.6 is 15.9 Å². The zero-order valence-electron chi connectivity index (χ0n) is 16.5. The molecule has 1 heterocycles. The molecule has 2 N–H and O–H groups in total. The van der Waals surface area contributed by atoms with E-state index >= 15 is 0 Å². The van der Waals surface area contributed by atoms with Gasteiger partial charge >= 0.3 is 6.03 Å². The molecule has 3 aromatic carbocycles. The summed E-state index contributed by atoms with van der Waals surface area (Å²) in [6.45, 7) is 3.21. The quantitative estimate of drug-likeness (QED) is 0.563. The normalized spacial score (nSPS) is 18.6. The number of imide groups is 1. The third kappa shape index (κ3) is 3.57. The molecule has 0 saturated carbocycles. The lowest BCUT2D eigenvalue weighted by atomic mass is 9.90. The summed E-state index contributed by atoms with van der Waals surface area (Å²) in [5, 5.41) is 7.50. The number of hydrogen-bond acceptors (Lipinski definition) is 3. The Labute approximate surface area is 182 Å². The minimum absolute atomic E-state index is 0.358. The van der Waals surface area contributed by atoms with Crippen molar-refractivity contribution in [3.63, 3.8) is 0 Å². The Morgan fingerprint density at radius 3 is 2.53 bits per heavy atom. The molecule has 0 aliphatic carbocycles. The van der Waals surface area contributed by atoms with Gasteiger partial charge in [-0.05, 0) is 60.0 Å². The van der Waals surface area contributed by atoms with Crippen LogP contribution in [0, 0.1) is 6.92 Å². The molecule has 1 atom stereocenters. The Hall–Kier alpha value is -3.19. The number of halogens is 1. The average Bonchev–Trinajstić information content (AvgIpc) is 2.94. The van der Waals surface area contributed by atoms with Gasteiger partial charge in [-0.3, -0.25) is 14.5 Å². The third-order valence-corrected chi connectivity index (χ3v) is 6.23. The summed E-state index contributed by atoms with van der Waals surface area (Å²) in [6, 6.07) is 18.2. The number of hydrogen-bond donors (Lipinski definition) is 2. The van der Waals surface area contributed by atoms with Gasteiger partial charge in [-0.25, -0.2) is 4.79 Å². The number of rotatable bonds is 4. The Bertz CT molecular complexity index is 1190. The fourth-order valence-electron chi connectivity index (χ4n) is 3.60. The minimum Gasteiger partial charge on any atom is -0.325 e. The van der Waals surface area contributed by atoms with Crippen LogP contribution in [0.25, 0.3) is 10.8 Å². The molecule has 0 aromatic heterocycles. The minimum atomic E-state index is -1.23. The molecule has 6 nitrogen and oxygen atoms in total. The molecule has 3 aromatic rings. The van der Waals surface area contributed by atoms with Crippen LogP contribution in [-0.4, -0.2) is 29.3 Å². The van der Waals surface area contributed by atoms with E-state index in [2.05, 4.69) is 26.6 Å². The number of fused-ring (bicyclic) bond motifs is 1. The van der Waals surface area contributed by atoms with Gasteiger partial charge in [-0.2, -0.15) is 0 Å². The van der Waals surface area contributed by atoms with Gasteiger partial charge in [0.1, 0.15) is 12.1 Å². The largest absolute Gasteiger partial charge is 0.325 e. The van der Waals surface area contributed by atoms with Gasteiger partial charge in [0, 0.05) is 10.2 Å². The second-order valence-electron chi connectivity index (χ2n) is 7.52. The van der Waals surface area contributed by atoms with Crippen LogP contribution in [0.2, 0.25) is 0 Å². The van der Waals surface area contributed by atoms with Crippen LogP contribution in [-0.2, 0) is 15.1 Å². The van der Waals surface area contributed by atoms with Crippen LogP contribution < -0.4 is 10.6 Å². The standard InChI is InChI=1S/C23H20BrN3O3/c1-14-11-18(9-10-19(14)24)25-20(28)13-27-21(29)23(2,26-22(27)30)17-8-7-15-5-3-4-6-16(15)12-17/h3-12H,13H2,1-2H3,(H,25,28)(H,26,30). The summed E-state index contributed by atoms with van der Waals surface area (Å²) in [5.74, 6) is -0.895. The molecule has 0 spiro atoms. The molecule has 7 heteroatoms. The monoisotopic (exact) mass is 465 g/mol. The number of aryl methyl sites for hydroxylation is 1. The predicted molar refractivity (Wildman–Crippen MR) is 119 cm³/mol. The van der Waals surface area contributed by atoms with E-state index in [1.165, 1.54) is 0 Å². The molecule has 152 valence electrons. The maximum Gasteiger partial charge on any atom is 0.325 e. The highest BCUT2D eigenvalue weighted by atomic mass is 79.9. The molecule has 4 amide bonds. The van der Waals surface area contributed by atoms with E-state index < -0.39 is 23.4 Å². The topological polar surface area (TPSA) is 78.5 Å². The number of carbonyl (C=O) groups is 3. The number of urea groups is 1. The van der Waals surface area contributed by atoms with E-state index in [1.54, 1.807) is 13.0 Å². The molecule has 30 heavy (non-hydrogen) atoms. The van der Waals surface area contributed by atoms with Crippen molar-refractivity contribution in [1.29, 1.82) is 0 Å². The Kier molecular flexibility index (Phi) is 5.07. The first kappa shape index (κ1) is 20.1. The van der Waals surface area contributed by atoms with Crippen molar-refractivity contribution in [1.82, 2.24) is 10.2 Å². The summed E-state index contributed by atoms with van der Waals surface area (Å²) in [6.07, 6.45) is 0. The first-order chi connectivity index (χ1) is 14.3. The Morgan fingerprint density at radius 2 is 1.80 bits per heavy atom. The Morgan fingerprint density at radius 1 is 1.07 bits per heavy atom. The van der Waals surface area contributed by atoms with E-state index in [0.29, 0.717) is 11.3 Å². The van der Waals surface area contributed by atoms with E-state index in [-0.39, 0.29) is 6.54 Å². The summed E-state index contributed by atoms with van der Waals surface area (Å²) in [5.41, 5.74) is 1.01. The maximum absolute atomic E-state index is 13.1. The lowest BCUT2D eigenvalue weighted by Crippen LogP contribution is -2.42. The average molecular weight is 466 g/mol. The van der Waals surface area contributed by atoms with Crippen LogP contribution in [0.4, 0.5) is 10.5 Å². The van der Waals surface area contributed by atoms with Crippen molar-refractivity contribution in [3.8, 4) is 0 Å². The summed E-state index contributed by atoms with van der Waals surface area (Å²) in [7, 11) is 0. The lowest BCUT2D eigenvalue weighted by Gasteiger charge is -2.22. The first-order valence-electron chi connectivity index (χ1n) is 9.47. The van der Waals surface area contributed by atoms with Crippen LogP contribution in [0.1, 0.15) is 18.1 Å². The number of nitrogens with zero attached hydrogens (tertiary/aromatic N) is 1. The third-order valence-electron chi connectivity index (χ3n) is 5.35. The van der Waals surface area contributed by atoms with Gasteiger partial charge in [0.25, 0.3) is 5.91 Å². The number of anilines is 1. The predicted octanol–water partition coefficient (Wildman–Crippen LogP) is 4.32. The summed E-state index contributed by atoms with van der Waals surface area (Å²) in [4.78, 5) is 39.1. The molecular weight excluding hydrogens is 446 g/mol. The van der Waals surface area contributed by atoms with Crippen LogP contribution in [0.3, 0.4) is 0 Å². The molecule has 1 aliphatic rings. The number of carbonyl (C=O) groups excluding carboxylic acids is 3. The molecule has 1 saturated heterocycles. The van der Waals surface area contributed by atoms with E-state index in [1.807, 2.05) is 61.5 Å². The first-order valence-corrected chi connectivity index (χ1v) is 10.3. The highest BCUT2D eigenvalue weighted by Crippen LogP contribution is 2.31. The number of amides is 4. The van der Waals surface area contributed by atoms with Gasteiger partial charge in [0.15, 0.2) is 0 Å². The van der Waals surface area contributed by atoms with Crippen molar-refractivity contribution >= 4 is 50.2 Å². The maximum atomic E-state index is 13.1. The second-order valence-corrected chi connectivity index (χ2v) is 8.37. The second kappa shape index (κ2) is 7.57. The molecule has 4 rings (SSSR count). The zero-order chi connectivity index (χ0) is 21.5. The summed E-state index contributed by atoms with van der Waals surface area (Å²) >= 11 is 3.41. The Balaban J connectivity index is 1.53. The van der Waals surface area contributed by atoms with Crippen LogP contribution in [0.15, 0.2) is 65.1 Å². The fraction of sp³-hybridized carbons (Fsp3) is 0.174. The van der Waals surface area contributed by atoms with Gasteiger partial charge in [-0.1, -0.05) is 52.3 Å². The van der Waals surface area contributed by atoms with Crippen LogP contribution in [0.5, 0.6) is 0 Å². The van der Waals surface area contributed by atoms with Gasteiger partial charge < -0.3 is 10.6 Å². The molecule has 0 radical (unpaired) electrons. The van der Waals surface area contributed by atoms with Crippen molar-refractivity contribution in [2.24, 2.45) is 0 Å². The molecular formula is C23H20BrN3O3. The summed E-state index contributed by atoms with van der Waals surface area (Å²) < 4.78 is 0.931. The van der Waals surface area contributed by atoms with Gasteiger partial charge in [0.2, 0.25) is 5.91 Å². The van der Waals surface area contributed by atoms with Crippen molar-refractivity contribution in [2.45, 2.75) is 19.4 Å². The van der Waals surface area contributed by atoms with Crippen molar-refractivity contribution < 1.29 is 14.4 Å². The van der Waals surface area contributed by atoms with Gasteiger partial charge in [-0.15, -0.1) is 0 Å². The smallest absolute Gasteiger partial charge is 0.325 e. The highest BCUT2D eigenvalue weighted by molar-refractivity contribution is 9.10. The zero-order valence-corrected chi connectivity index (χ0v) is 18.1. The molecule has 1 fully saturated rings. The lowest BCUT2D eigenvalue weighted by molar-refractivity contribution is -0.133. The molecule has 0 bridgehead atoms. The fourth-order valence-corrected chi connectivity index (χ4v) is 3.85. The SMILES string of the molecule is Cc1cc(NC(=O)CN2C(=O)NC(C)(c3ccc4ccccc4c3)C2=O)ccc1Br. The van der Waals surface area contributed by atoms with E-state index in [0.717, 1.165) is 25.7 Å². The van der Waals surface area contributed by atoms with E-state index in [4.69, 9.17) is 0 Å². The van der Waals surface area contributed by atoms with Crippen molar-refractivity contribution in [2.75, 3.05) is 11.9 Å². The highest BCUT2D eigenvalue weighted by Gasteiger charge is 2.49. The van der Waals surface area contributed by atoms with E-state index in [9.17, 15) is 14.4 Å². The van der Waals surface area contributed by atoms with Gasteiger partial charge in [0.05, 0.1) is 0 Å². The van der Waals surface area contributed by atoms with Crippen molar-refractivity contribution in [3.05, 3.63) is 76.3 Å². The number of benzene rings is 3. The molecule has 1 unspecified atom stereocenters. The number of nitrogens with one attached hydrogen (secondary N) is 2. The molecule has 1 aliphatic heterocycles.